The Morgan fingerprint density at radius 2 is 2.03 bits per heavy atom. The molecule has 1 fully saturated rings. The maximum atomic E-state index is 13.1. The number of Topliss-reactive ketones (excluding diaryl/α,β-unsaturated/α-hetero) is 1. The molecular formula is C29H36N2O. The number of pyridine rings is 1. The van der Waals surface area contributed by atoms with Crippen molar-refractivity contribution in [2.24, 2.45) is 11.8 Å². The lowest BCUT2D eigenvalue weighted by Gasteiger charge is -2.18. The van der Waals surface area contributed by atoms with Gasteiger partial charge in [0.05, 0.1) is 5.52 Å². The number of rotatable bonds is 10. The molecule has 168 valence electrons. The van der Waals surface area contributed by atoms with Crippen LogP contribution in [0.4, 0.5) is 0 Å². The number of aromatic nitrogens is 1. The van der Waals surface area contributed by atoms with Gasteiger partial charge >= 0.3 is 0 Å². The third-order valence-electron chi connectivity index (χ3n) is 6.54. The number of allylic oxidation sites excluding steroid dienone is 6. The van der Waals surface area contributed by atoms with Crippen LogP contribution in [-0.4, -0.2) is 17.8 Å². The number of nitrogens with zero attached hydrogens (tertiary/aromatic N) is 1. The first-order valence-corrected chi connectivity index (χ1v) is 11.8. The number of nitrogens with one attached hydrogen (secondary N) is 1. The molecule has 2 aromatic rings. The van der Waals surface area contributed by atoms with Gasteiger partial charge in [0.1, 0.15) is 0 Å². The van der Waals surface area contributed by atoms with E-state index in [1.54, 1.807) is 6.08 Å². The highest BCUT2D eigenvalue weighted by molar-refractivity contribution is 6.01. The Morgan fingerprint density at radius 3 is 2.75 bits per heavy atom. The highest BCUT2D eigenvalue weighted by Gasteiger charge is 2.24. The molecule has 0 aliphatic heterocycles. The predicted octanol–water partition coefficient (Wildman–Crippen LogP) is 7.27. The maximum Gasteiger partial charge on any atom is 0.163 e. The van der Waals surface area contributed by atoms with E-state index in [9.17, 15) is 4.79 Å². The van der Waals surface area contributed by atoms with Gasteiger partial charge in [-0.1, -0.05) is 69.1 Å². The van der Waals surface area contributed by atoms with Crippen LogP contribution >= 0.6 is 0 Å². The highest BCUT2D eigenvalue weighted by atomic mass is 16.1. The molecule has 1 atom stereocenters. The summed E-state index contributed by atoms with van der Waals surface area (Å²) in [6.45, 7) is 8.09. The zero-order chi connectivity index (χ0) is 22.9. The van der Waals surface area contributed by atoms with Crippen molar-refractivity contribution in [1.82, 2.24) is 10.3 Å². The van der Waals surface area contributed by atoms with E-state index < -0.39 is 0 Å². The summed E-state index contributed by atoms with van der Waals surface area (Å²) in [4.78, 5) is 17.7. The number of carbonyl (C=O) groups excluding carboxylic acids is 1. The number of ketones is 1. The molecule has 1 saturated carbocycles. The lowest BCUT2D eigenvalue weighted by atomic mass is 9.86. The second kappa shape index (κ2) is 11.6. The molecule has 0 spiro atoms. The van der Waals surface area contributed by atoms with E-state index in [2.05, 4.69) is 36.8 Å². The van der Waals surface area contributed by atoms with Crippen LogP contribution in [0.1, 0.15) is 68.3 Å². The van der Waals surface area contributed by atoms with Gasteiger partial charge in [-0.2, -0.15) is 0 Å². The Morgan fingerprint density at radius 1 is 1.25 bits per heavy atom. The van der Waals surface area contributed by atoms with Crippen LogP contribution in [0, 0.1) is 11.8 Å². The van der Waals surface area contributed by atoms with Gasteiger partial charge in [-0.15, -0.1) is 0 Å². The molecule has 0 bridgehead atoms. The van der Waals surface area contributed by atoms with Gasteiger partial charge in [0.25, 0.3) is 0 Å². The van der Waals surface area contributed by atoms with Crippen LogP contribution in [0.5, 0.6) is 0 Å². The van der Waals surface area contributed by atoms with Crippen molar-refractivity contribution >= 4 is 22.3 Å². The third kappa shape index (κ3) is 6.06. The van der Waals surface area contributed by atoms with Gasteiger partial charge in [0, 0.05) is 36.8 Å². The Bertz CT molecular complexity index is 1040. The van der Waals surface area contributed by atoms with Crippen molar-refractivity contribution in [1.29, 1.82) is 0 Å². The number of hydrogen-bond acceptors (Lipinski definition) is 3. The molecule has 1 aromatic carbocycles. The lowest BCUT2D eigenvalue weighted by Crippen LogP contribution is -2.13. The summed E-state index contributed by atoms with van der Waals surface area (Å²) >= 11 is 0. The van der Waals surface area contributed by atoms with Crippen molar-refractivity contribution in [3.63, 3.8) is 0 Å². The third-order valence-corrected chi connectivity index (χ3v) is 6.54. The molecule has 1 aliphatic carbocycles. The first kappa shape index (κ1) is 23.7. The molecule has 1 heterocycles. The number of hydrogen-bond donors (Lipinski definition) is 1. The summed E-state index contributed by atoms with van der Waals surface area (Å²) in [6, 6.07) is 8.02. The van der Waals surface area contributed by atoms with E-state index in [4.69, 9.17) is 0 Å². The van der Waals surface area contributed by atoms with Crippen molar-refractivity contribution in [3.05, 3.63) is 84.2 Å². The monoisotopic (exact) mass is 428 g/mol. The molecule has 0 saturated heterocycles. The molecule has 0 radical (unpaired) electrons. The summed E-state index contributed by atoms with van der Waals surface area (Å²) in [5, 5.41) is 4.22. The number of carbonyl (C=O) groups is 1. The molecule has 1 N–H and O–H groups in total. The van der Waals surface area contributed by atoms with Crippen LogP contribution in [0.2, 0.25) is 0 Å². The fourth-order valence-electron chi connectivity index (χ4n) is 4.76. The summed E-state index contributed by atoms with van der Waals surface area (Å²) < 4.78 is 0. The largest absolute Gasteiger partial charge is 0.394 e. The standard InChI is InChI=1S/C29H36N2O/c1-5-6-7-10-21(2)17-25(20-30-4)26-15-16-31-28-14-13-24(19-27(26)28)29(32)18-22(3)23-11-8-9-12-23/h5-7,10,13-16,19-20,22-23,30H,1,8-9,11-12,17-18H2,2-4H3/b7-6-,21-10+,25-20+. The first-order valence-electron chi connectivity index (χ1n) is 11.8. The normalized spacial score (nSPS) is 16.6. The zero-order valence-corrected chi connectivity index (χ0v) is 19.7. The molecule has 1 aliphatic rings. The Kier molecular flexibility index (Phi) is 8.61. The summed E-state index contributed by atoms with van der Waals surface area (Å²) in [5.74, 6) is 1.39. The van der Waals surface area contributed by atoms with Crippen molar-refractivity contribution in [2.45, 2.75) is 52.4 Å². The van der Waals surface area contributed by atoms with E-state index >= 15 is 0 Å². The molecule has 0 amide bonds. The van der Waals surface area contributed by atoms with Crippen molar-refractivity contribution in [3.8, 4) is 0 Å². The van der Waals surface area contributed by atoms with Crippen LogP contribution in [0.25, 0.3) is 16.5 Å². The average molecular weight is 429 g/mol. The van der Waals surface area contributed by atoms with Gasteiger partial charge < -0.3 is 5.32 Å². The minimum Gasteiger partial charge on any atom is -0.394 e. The first-order chi connectivity index (χ1) is 15.5. The average Bonchev–Trinajstić information content (AvgIpc) is 3.33. The van der Waals surface area contributed by atoms with Gasteiger partial charge in [-0.3, -0.25) is 9.78 Å². The van der Waals surface area contributed by atoms with E-state index in [0.29, 0.717) is 18.3 Å². The van der Waals surface area contributed by atoms with E-state index in [1.165, 1.54) is 36.8 Å². The Hall–Kier alpha value is -2.94. The summed E-state index contributed by atoms with van der Waals surface area (Å²) in [6.07, 6.45) is 18.3. The molecule has 32 heavy (non-hydrogen) atoms. The fourth-order valence-corrected chi connectivity index (χ4v) is 4.76. The minimum absolute atomic E-state index is 0.242. The Balaban J connectivity index is 1.90. The van der Waals surface area contributed by atoms with Crippen molar-refractivity contribution < 1.29 is 4.79 Å². The zero-order valence-electron chi connectivity index (χ0n) is 19.7. The van der Waals surface area contributed by atoms with Crippen LogP contribution in [0.15, 0.2) is 73.1 Å². The molecule has 1 aromatic heterocycles. The summed E-state index contributed by atoms with van der Waals surface area (Å²) in [5.41, 5.74) is 5.24. The number of benzene rings is 1. The quantitative estimate of drug-likeness (QED) is 0.319. The van der Waals surface area contributed by atoms with E-state index in [0.717, 1.165) is 28.5 Å². The SMILES string of the molecule is C=C/C=C\C=C(/C)C/C(=C\NC)c1ccnc2ccc(C(=O)CC(C)C3CCCC3)cc12. The molecule has 3 heteroatoms. The van der Waals surface area contributed by atoms with Gasteiger partial charge in [-0.25, -0.2) is 0 Å². The van der Waals surface area contributed by atoms with Crippen LogP contribution < -0.4 is 5.32 Å². The summed E-state index contributed by atoms with van der Waals surface area (Å²) in [7, 11) is 1.92. The smallest absolute Gasteiger partial charge is 0.163 e. The highest BCUT2D eigenvalue weighted by Crippen LogP contribution is 2.34. The molecule has 1 unspecified atom stereocenters. The van der Waals surface area contributed by atoms with Crippen LogP contribution in [-0.2, 0) is 0 Å². The van der Waals surface area contributed by atoms with Gasteiger partial charge in [0.2, 0.25) is 0 Å². The topological polar surface area (TPSA) is 42.0 Å². The number of fused-ring (bicyclic) bond motifs is 1. The predicted molar refractivity (Wildman–Crippen MR) is 137 cm³/mol. The lowest BCUT2D eigenvalue weighted by molar-refractivity contribution is 0.0950. The van der Waals surface area contributed by atoms with E-state index in [1.807, 2.05) is 55.9 Å². The van der Waals surface area contributed by atoms with Gasteiger partial charge in [0.15, 0.2) is 5.78 Å². The molecular weight excluding hydrogens is 392 g/mol. The maximum absolute atomic E-state index is 13.1. The van der Waals surface area contributed by atoms with Crippen LogP contribution in [0.3, 0.4) is 0 Å². The Labute approximate surface area is 193 Å². The van der Waals surface area contributed by atoms with E-state index in [-0.39, 0.29) is 5.78 Å². The fraction of sp³-hybridized carbons (Fsp3) is 0.379. The second-order valence-corrected chi connectivity index (χ2v) is 9.01. The minimum atomic E-state index is 0.242. The molecule has 3 nitrogen and oxygen atoms in total. The molecule has 3 rings (SSSR count). The van der Waals surface area contributed by atoms with Gasteiger partial charge in [-0.05, 0) is 60.6 Å². The van der Waals surface area contributed by atoms with Crippen molar-refractivity contribution in [2.75, 3.05) is 7.05 Å². The second-order valence-electron chi connectivity index (χ2n) is 9.01.